The highest BCUT2D eigenvalue weighted by Crippen LogP contribution is 2.54. The van der Waals surface area contributed by atoms with Crippen LogP contribution in [0.25, 0.3) is 0 Å². The number of fused-ring (bicyclic) bond motifs is 8. The van der Waals surface area contributed by atoms with Crippen LogP contribution < -0.4 is 35.7 Å². The quantitative estimate of drug-likeness (QED) is 0.164. The van der Waals surface area contributed by atoms with E-state index in [0.717, 1.165) is 22.9 Å². The van der Waals surface area contributed by atoms with E-state index in [0.29, 0.717) is 13.2 Å². The normalized spacial score (nSPS) is 20.0. The first-order valence-corrected chi connectivity index (χ1v) is 21.9. The van der Waals surface area contributed by atoms with Crippen molar-refractivity contribution in [2.45, 2.75) is 136 Å². The van der Waals surface area contributed by atoms with Crippen LogP contribution in [0.15, 0.2) is 78.9 Å². The monoisotopic (exact) mass is 768 g/mol. The topological polar surface area (TPSA) is 24.9 Å². The van der Waals surface area contributed by atoms with Crippen LogP contribution in [0.5, 0.6) is 11.5 Å². The Morgan fingerprint density at radius 1 is 0.534 bits per heavy atom. The van der Waals surface area contributed by atoms with Gasteiger partial charge < -0.3 is 19.3 Å². The SMILES string of the molecule is Cc1cc2c3c(c1)N(c1ccc(C(C)(C)C)cc1)c1c(ccc4c1OCCO4)B3c1cc3c(cc1N2c1ccc2c(c1)C(C)(C)CCC2(C)C)C(C)(C)CCC3(C)C. The highest BCUT2D eigenvalue weighted by molar-refractivity contribution is 7.00. The van der Waals surface area contributed by atoms with Crippen molar-refractivity contribution in [1.29, 1.82) is 0 Å². The maximum atomic E-state index is 6.68. The minimum absolute atomic E-state index is 0.00640. The average Bonchev–Trinajstić information content (AvgIpc) is 3.17. The van der Waals surface area contributed by atoms with Gasteiger partial charge in [0.25, 0.3) is 6.71 Å². The average molecular weight is 769 g/mol. The van der Waals surface area contributed by atoms with Crippen molar-refractivity contribution < 1.29 is 9.47 Å². The van der Waals surface area contributed by atoms with E-state index < -0.39 is 0 Å². The van der Waals surface area contributed by atoms with Gasteiger partial charge in [0.05, 0.1) is 5.69 Å². The van der Waals surface area contributed by atoms with Gasteiger partial charge in [-0.2, -0.15) is 0 Å². The molecule has 0 saturated carbocycles. The highest BCUT2D eigenvalue weighted by atomic mass is 16.6. The first-order chi connectivity index (χ1) is 27.3. The Kier molecular flexibility index (Phi) is 7.92. The summed E-state index contributed by atoms with van der Waals surface area (Å²) in [5, 5.41) is 0. The van der Waals surface area contributed by atoms with Crippen molar-refractivity contribution in [3.05, 3.63) is 112 Å². The van der Waals surface area contributed by atoms with E-state index in [1.807, 2.05) is 0 Å². The maximum absolute atomic E-state index is 6.68. The lowest BCUT2D eigenvalue weighted by Gasteiger charge is -2.48. The third-order valence-electron chi connectivity index (χ3n) is 14.9. The molecular weight excluding hydrogens is 707 g/mol. The van der Waals surface area contributed by atoms with Gasteiger partial charge in [0.2, 0.25) is 0 Å². The lowest BCUT2D eigenvalue weighted by atomic mass is 9.33. The van der Waals surface area contributed by atoms with E-state index >= 15 is 0 Å². The van der Waals surface area contributed by atoms with Gasteiger partial charge in [-0.15, -0.1) is 0 Å². The fourth-order valence-electron chi connectivity index (χ4n) is 11.2. The molecule has 5 heteroatoms. The van der Waals surface area contributed by atoms with Crippen molar-refractivity contribution in [3.8, 4) is 11.5 Å². The van der Waals surface area contributed by atoms with Crippen molar-refractivity contribution in [3.63, 3.8) is 0 Å². The molecule has 0 radical (unpaired) electrons. The maximum Gasteiger partial charge on any atom is 0.252 e. The molecule has 0 amide bonds. The number of hydrogen-bond donors (Lipinski definition) is 0. The summed E-state index contributed by atoms with van der Waals surface area (Å²) in [7, 11) is 0. The zero-order valence-corrected chi connectivity index (χ0v) is 37.0. The predicted octanol–water partition coefficient (Wildman–Crippen LogP) is 11.8. The molecule has 4 nitrogen and oxygen atoms in total. The molecule has 5 aliphatic rings. The molecule has 0 fully saturated rings. The summed E-state index contributed by atoms with van der Waals surface area (Å²) in [6, 6.07) is 31.3. The van der Waals surface area contributed by atoms with E-state index in [9.17, 15) is 0 Å². The first-order valence-electron chi connectivity index (χ1n) is 21.9. The van der Waals surface area contributed by atoms with Crippen LogP contribution in [0.4, 0.5) is 34.1 Å². The number of ether oxygens (including phenoxy) is 2. The van der Waals surface area contributed by atoms with Crippen molar-refractivity contribution >= 4 is 57.2 Å². The Morgan fingerprint density at radius 2 is 1.09 bits per heavy atom. The van der Waals surface area contributed by atoms with Crippen molar-refractivity contribution in [2.24, 2.45) is 0 Å². The molecule has 0 unspecified atom stereocenters. The highest BCUT2D eigenvalue weighted by Gasteiger charge is 2.48. The Hall–Kier alpha value is -4.64. The zero-order chi connectivity index (χ0) is 40.9. The third kappa shape index (κ3) is 5.47. The summed E-state index contributed by atoms with van der Waals surface area (Å²) in [5.41, 5.74) is 20.2. The predicted molar refractivity (Wildman–Crippen MR) is 245 cm³/mol. The lowest BCUT2D eigenvalue weighted by molar-refractivity contribution is 0.172. The van der Waals surface area contributed by atoms with Gasteiger partial charge in [0.15, 0.2) is 11.5 Å². The van der Waals surface area contributed by atoms with Gasteiger partial charge in [-0.05, 0) is 158 Å². The zero-order valence-electron chi connectivity index (χ0n) is 37.0. The van der Waals surface area contributed by atoms with E-state index in [2.05, 4.69) is 172 Å². The summed E-state index contributed by atoms with van der Waals surface area (Å²) in [6.45, 7) is 29.8. The number of rotatable bonds is 2. The number of nitrogens with zero attached hydrogens (tertiary/aromatic N) is 2. The number of hydrogen-bond acceptors (Lipinski definition) is 4. The molecule has 0 bridgehead atoms. The van der Waals surface area contributed by atoms with Crippen LogP contribution in [-0.4, -0.2) is 19.9 Å². The molecule has 58 heavy (non-hydrogen) atoms. The second-order valence-corrected chi connectivity index (χ2v) is 21.9. The first kappa shape index (κ1) is 37.6. The van der Waals surface area contributed by atoms with E-state index in [4.69, 9.17) is 9.47 Å². The molecule has 0 atom stereocenters. The summed E-state index contributed by atoms with van der Waals surface area (Å²) in [6.07, 6.45) is 4.73. The van der Waals surface area contributed by atoms with Gasteiger partial charge in [-0.1, -0.05) is 106 Å². The molecule has 0 saturated heterocycles. The molecule has 10 rings (SSSR count). The molecular formula is C53H61BN2O2. The Morgan fingerprint density at radius 3 is 1.72 bits per heavy atom. The van der Waals surface area contributed by atoms with Crippen molar-refractivity contribution in [1.82, 2.24) is 0 Å². The van der Waals surface area contributed by atoms with Crippen LogP contribution in [0, 0.1) is 6.92 Å². The Bertz CT molecular complexity index is 2540. The second-order valence-electron chi connectivity index (χ2n) is 21.9. The van der Waals surface area contributed by atoms with E-state index in [1.54, 1.807) is 0 Å². The summed E-state index contributed by atoms with van der Waals surface area (Å²) < 4.78 is 13.0. The fraction of sp³-hybridized carbons (Fsp3) is 0.434. The molecule has 5 aromatic rings. The lowest BCUT2D eigenvalue weighted by Crippen LogP contribution is -2.62. The van der Waals surface area contributed by atoms with Crippen LogP contribution in [0.2, 0.25) is 0 Å². The summed E-state index contributed by atoms with van der Waals surface area (Å²) in [4.78, 5) is 5.14. The number of aryl methyl sites for hydroxylation is 1. The van der Waals surface area contributed by atoms with E-state index in [-0.39, 0.29) is 33.8 Å². The van der Waals surface area contributed by atoms with Gasteiger partial charge >= 0.3 is 0 Å². The molecule has 0 N–H and O–H groups in total. The molecule has 2 aliphatic carbocycles. The molecule has 3 heterocycles. The fourth-order valence-corrected chi connectivity index (χ4v) is 11.2. The Labute approximate surface area is 348 Å². The molecule has 298 valence electrons. The minimum Gasteiger partial charge on any atom is -0.486 e. The van der Waals surface area contributed by atoms with Crippen molar-refractivity contribution in [2.75, 3.05) is 23.0 Å². The molecule has 5 aromatic carbocycles. The molecule has 3 aliphatic heterocycles. The molecule has 0 aromatic heterocycles. The minimum atomic E-state index is 0.00640. The number of benzene rings is 5. The van der Waals surface area contributed by atoms with Crippen LogP contribution in [0.3, 0.4) is 0 Å². The number of anilines is 6. The van der Waals surface area contributed by atoms with Gasteiger partial charge in [-0.3, -0.25) is 0 Å². The summed E-state index contributed by atoms with van der Waals surface area (Å²) >= 11 is 0. The van der Waals surface area contributed by atoms with Gasteiger partial charge in [-0.25, -0.2) is 0 Å². The Balaban J connectivity index is 1.31. The molecule has 0 spiro atoms. The van der Waals surface area contributed by atoms with E-state index in [1.165, 1.54) is 98.2 Å². The van der Waals surface area contributed by atoms with Crippen LogP contribution >= 0.6 is 0 Å². The largest absolute Gasteiger partial charge is 0.486 e. The van der Waals surface area contributed by atoms with Crippen LogP contribution in [0.1, 0.15) is 135 Å². The second kappa shape index (κ2) is 12.2. The summed E-state index contributed by atoms with van der Waals surface area (Å²) in [5.74, 6) is 1.67. The van der Waals surface area contributed by atoms with Gasteiger partial charge in [0.1, 0.15) is 13.2 Å². The third-order valence-corrected chi connectivity index (χ3v) is 14.9. The standard InChI is InChI=1S/C53H61BN2O2/c1-32-27-43-46-44(28-32)56(34-15-13-33(14-16-34)49(2,3)4)47-40(19-20-45-48(47)58-26-25-57-45)54(46)41-30-38-39(53(11,12)24-23-52(38,9)10)31-42(41)55(43)35-17-18-36-37(29-35)51(7,8)22-21-50(36,5)6/h13-20,27-31H,21-26H2,1-12H3. The smallest absolute Gasteiger partial charge is 0.252 e. The van der Waals surface area contributed by atoms with Crippen LogP contribution in [-0.2, 0) is 27.1 Å². The van der Waals surface area contributed by atoms with Gasteiger partial charge in [0, 0.05) is 28.4 Å².